The zero-order valence-electron chi connectivity index (χ0n) is 31.9. The van der Waals surface area contributed by atoms with Crippen molar-refractivity contribution in [3.63, 3.8) is 0 Å². The van der Waals surface area contributed by atoms with Crippen LogP contribution in [0.15, 0.2) is 205 Å². The van der Waals surface area contributed by atoms with Crippen LogP contribution in [0.5, 0.6) is 0 Å². The summed E-state index contributed by atoms with van der Waals surface area (Å²) in [5.74, 6) is 0. The molecule has 0 radical (unpaired) electrons. The Bertz CT molecular complexity index is 3170. The molecule has 0 spiro atoms. The van der Waals surface area contributed by atoms with E-state index in [0.29, 0.717) is 0 Å². The van der Waals surface area contributed by atoms with Gasteiger partial charge in [0, 0.05) is 33.1 Å². The summed E-state index contributed by atoms with van der Waals surface area (Å²) in [6, 6.07) is 72.8. The van der Waals surface area contributed by atoms with Gasteiger partial charge in [0.1, 0.15) is 11.2 Å². The summed E-state index contributed by atoms with van der Waals surface area (Å²) >= 11 is 0. The Balaban J connectivity index is 1.09. The first kappa shape index (κ1) is 33.2. The van der Waals surface area contributed by atoms with Crippen molar-refractivity contribution in [2.45, 2.75) is 19.3 Å². The van der Waals surface area contributed by atoms with Crippen molar-refractivity contribution in [3.05, 3.63) is 211 Å². The zero-order valence-corrected chi connectivity index (χ0v) is 31.9. The third-order valence-electron chi connectivity index (χ3n) is 12.1. The molecular weight excluding hydrogens is 691 g/mol. The highest BCUT2D eigenvalue weighted by molar-refractivity contribution is 6.06. The van der Waals surface area contributed by atoms with E-state index in [4.69, 9.17) is 4.42 Å². The highest BCUT2D eigenvalue weighted by atomic mass is 16.3. The van der Waals surface area contributed by atoms with Gasteiger partial charge in [-0.15, -0.1) is 0 Å². The first-order chi connectivity index (χ1) is 28.0. The summed E-state index contributed by atoms with van der Waals surface area (Å²) in [5.41, 5.74) is 17.5. The Morgan fingerprint density at radius 2 is 1.02 bits per heavy atom. The molecule has 10 aromatic rings. The Hall–Kier alpha value is -7.16. The van der Waals surface area contributed by atoms with Gasteiger partial charge in [-0.3, -0.25) is 0 Å². The molecule has 0 saturated carbocycles. The van der Waals surface area contributed by atoms with E-state index in [9.17, 15) is 0 Å². The zero-order chi connectivity index (χ0) is 38.1. The van der Waals surface area contributed by atoms with Gasteiger partial charge >= 0.3 is 0 Å². The number of para-hydroxylation sites is 2. The predicted molar refractivity (Wildman–Crippen MR) is 240 cm³/mol. The molecule has 2 heteroatoms. The van der Waals surface area contributed by atoms with Crippen molar-refractivity contribution in [2.75, 3.05) is 4.90 Å². The van der Waals surface area contributed by atoms with Crippen LogP contribution < -0.4 is 4.90 Å². The number of fused-ring (bicyclic) bond motifs is 7. The molecule has 9 aromatic carbocycles. The lowest BCUT2D eigenvalue weighted by molar-refractivity contribution is 0.660. The molecule has 0 aliphatic heterocycles. The molecule has 1 heterocycles. The fourth-order valence-electron chi connectivity index (χ4n) is 9.20. The van der Waals surface area contributed by atoms with Crippen molar-refractivity contribution in [2.24, 2.45) is 0 Å². The number of anilines is 3. The largest absolute Gasteiger partial charge is 0.456 e. The highest BCUT2D eigenvalue weighted by Crippen LogP contribution is 2.54. The molecule has 270 valence electrons. The van der Waals surface area contributed by atoms with Gasteiger partial charge in [0.05, 0.1) is 5.69 Å². The summed E-state index contributed by atoms with van der Waals surface area (Å²) in [4.78, 5) is 2.43. The van der Waals surface area contributed by atoms with Gasteiger partial charge in [0.2, 0.25) is 0 Å². The minimum atomic E-state index is -0.0924. The van der Waals surface area contributed by atoms with E-state index in [1.165, 1.54) is 55.3 Å². The van der Waals surface area contributed by atoms with E-state index in [0.717, 1.165) is 50.1 Å². The lowest BCUT2D eigenvalue weighted by Gasteiger charge is -2.29. The van der Waals surface area contributed by atoms with Gasteiger partial charge < -0.3 is 9.32 Å². The number of nitrogens with zero attached hydrogens (tertiary/aromatic N) is 1. The van der Waals surface area contributed by atoms with Crippen LogP contribution in [0.4, 0.5) is 17.1 Å². The third-order valence-corrected chi connectivity index (χ3v) is 12.1. The fraction of sp³-hybridized carbons (Fsp3) is 0.0545. The van der Waals surface area contributed by atoms with Gasteiger partial charge in [0.25, 0.3) is 0 Å². The summed E-state index contributed by atoms with van der Waals surface area (Å²) in [5, 5.41) is 4.75. The molecule has 0 unspecified atom stereocenters. The molecule has 0 N–H and O–H groups in total. The molecule has 0 saturated heterocycles. The van der Waals surface area contributed by atoms with Gasteiger partial charge in [-0.05, 0) is 115 Å². The van der Waals surface area contributed by atoms with Crippen LogP contribution in [-0.4, -0.2) is 0 Å². The van der Waals surface area contributed by atoms with E-state index in [-0.39, 0.29) is 5.41 Å². The predicted octanol–water partition coefficient (Wildman–Crippen LogP) is 15.5. The average molecular weight is 730 g/mol. The van der Waals surface area contributed by atoms with Crippen LogP contribution in [0.25, 0.3) is 77.2 Å². The molecule has 0 fully saturated rings. The molecule has 2 nitrogen and oxygen atoms in total. The normalized spacial score (nSPS) is 12.9. The van der Waals surface area contributed by atoms with Crippen LogP contribution in [0, 0.1) is 0 Å². The lowest BCUT2D eigenvalue weighted by Crippen LogP contribution is -2.14. The van der Waals surface area contributed by atoms with Crippen LogP contribution >= 0.6 is 0 Å². The molecule has 0 amide bonds. The number of hydrogen-bond donors (Lipinski definition) is 0. The van der Waals surface area contributed by atoms with Crippen molar-refractivity contribution in [3.8, 4) is 44.5 Å². The summed E-state index contributed by atoms with van der Waals surface area (Å²) in [6.07, 6.45) is 0. The minimum absolute atomic E-state index is 0.0924. The maximum atomic E-state index is 6.20. The van der Waals surface area contributed by atoms with E-state index in [2.05, 4.69) is 207 Å². The molecule has 0 atom stereocenters. The fourth-order valence-corrected chi connectivity index (χ4v) is 9.20. The lowest BCUT2D eigenvalue weighted by atomic mass is 9.82. The summed E-state index contributed by atoms with van der Waals surface area (Å²) < 4.78 is 6.20. The van der Waals surface area contributed by atoms with E-state index in [1.807, 2.05) is 12.1 Å². The van der Waals surface area contributed by atoms with Crippen molar-refractivity contribution < 1.29 is 4.42 Å². The Kier molecular flexibility index (Phi) is 7.55. The van der Waals surface area contributed by atoms with Crippen LogP contribution in [0.2, 0.25) is 0 Å². The maximum absolute atomic E-state index is 6.20. The quantitative estimate of drug-likeness (QED) is 0.169. The topological polar surface area (TPSA) is 16.4 Å². The van der Waals surface area contributed by atoms with Gasteiger partial charge in [-0.25, -0.2) is 0 Å². The van der Waals surface area contributed by atoms with Crippen LogP contribution in [-0.2, 0) is 5.41 Å². The van der Waals surface area contributed by atoms with Crippen molar-refractivity contribution >= 4 is 49.8 Å². The number of furan rings is 1. The van der Waals surface area contributed by atoms with Gasteiger partial charge in [0.15, 0.2) is 0 Å². The molecule has 1 aliphatic rings. The molecule has 1 aromatic heterocycles. The van der Waals surface area contributed by atoms with Crippen molar-refractivity contribution in [1.82, 2.24) is 0 Å². The second-order valence-corrected chi connectivity index (χ2v) is 15.7. The number of hydrogen-bond acceptors (Lipinski definition) is 2. The first-order valence-corrected chi connectivity index (χ1v) is 19.8. The smallest absolute Gasteiger partial charge is 0.135 e. The monoisotopic (exact) mass is 729 g/mol. The Morgan fingerprint density at radius 3 is 1.91 bits per heavy atom. The van der Waals surface area contributed by atoms with Crippen LogP contribution in [0.1, 0.15) is 25.0 Å². The van der Waals surface area contributed by atoms with Crippen molar-refractivity contribution in [1.29, 1.82) is 0 Å². The minimum Gasteiger partial charge on any atom is -0.456 e. The molecule has 11 rings (SSSR count). The maximum Gasteiger partial charge on any atom is 0.135 e. The Labute approximate surface area is 332 Å². The standard InChI is InChI=1S/C55H39NO/c1-55(2)49-21-8-5-19-47(49)54-46(20-12-22-50(54)55)44-17-6-9-23-51(44)56(42-30-27-37(28-31-42)40-26-25-36-13-3-4-14-38(36)33-40)43-16-11-15-39(34-43)41-29-32-53-48(35-41)45-18-7-10-24-52(45)57-53/h3-35H,1-2H3. The molecule has 0 bridgehead atoms. The third kappa shape index (κ3) is 5.40. The molecular formula is C55H39NO. The van der Waals surface area contributed by atoms with Gasteiger partial charge in [-0.1, -0.05) is 159 Å². The SMILES string of the molecule is CC1(C)c2ccccc2-c2c(-c3ccccc3N(c3ccc(-c4ccc5ccccc5c4)cc3)c3cccc(-c4ccc5oc6ccccc6c5c4)c3)cccc21. The molecule has 1 aliphatic carbocycles. The average Bonchev–Trinajstić information content (AvgIpc) is 3.75. The molecule has 57 heavy (non-hydrogen) atoms. The number of rotatable bonds is 6. The summed E-state index contributed by atoms with van der Waals surface area (Å²) in [6.45, 7) is 4.71. The summed E-state index contributed by atoms with van der Waals surface area (Å²) in [7, 11) is 0. The second-order valence-electron chi connectivity index (χ2n) is 15.7. The van der Waals surface area contributed by atoms with Gasteiger partial charge in [-0.2, -0.15) is 0 Å². The highest BCUT2D eigenvalue weighted by Gasteiger charge is 2.37. The first-order valence-electron chi connectivity index (χ1n) is 19.8. The second kappa shape index (κ2) is 13.0. The van der Waals surface area contributed by atoms with Crippen LogP contribution in [0.3, 0.4) is 0 Å². The van der Waals surface area contributed by atoms with E-state index in [1.54, 1.807) is 0 Å². The Morgan fingerprint density at radius 1 is 0.386 bits per heavy atom. The van der Waals surface area contributed by atoms with E-state index >= 15 is 0 Å². The number of benzene rings is 9. The van der Waals surface area contributed by atoms with E-state index < -0.39 is 0 Å².